The second-order valence-corrected chi connectivity index (χ2v) is 7.63. The van der Waals surface area contributed by atoms with Crippen LogP contribution in [0.2, 0.25) is 10.0 Å². The van der Waals surface area contributed by atoms with Gasteiger partial charge in [0, 0.05) is 36.5 Å². The number of halogens is 2. The van der Waals surface area contributed by atoms with E-state index in [4.69, 9.17) is 27.9 Å². The van der Waals surface area contributed by atoms with Gasteiger partial charge in [-0.25, -0.2) is 5.43 Å². The molecule has 0 amide bonds. The molecule has 1 aliphatic rings. The molecule has 2 aromatic carbocycles. The molecule has 4 rings (SSSR count). The molecule has 170 valence electrons. The fourth-order valence-corrected chi connectivity index (χ4v) is 3.49. The van der Waals surface area contributed by atoms with E-state index < -0.39 is 4.92 Å². The normalized spacial score (nSPS) is 13.8. The van der Waals surface area contributed by atoms with Gasteiger partial charge in [0.25, 0.3) is 5.69 Å². The Morgan fingerprint density at radius 2 is 1.76 bits per heavy atom. The number of aromatic nitrogens is 3. The number of benzene rings is 2. The SMILES string of the molecule is O=[N+]([O-])c1cccc(Nc2nc(N/N=C\c3c(Cl)cccc3Cl)nc(N3CCOCC3)n2)c1. The number of nitro benzene ring substituents is 1. The van der Waals surface area contributed by atoms with Crippen molar-refractivity contribution in [2.75, 3.05) is 41.9 Å². The third-order valence-corrected chi connectivity index (χ3v) is 5.25. The zero-order valence-corrected chi connectivity index (χ0v) is 18.6. The zero-order chi connectivity index (χ0) is 23.2. The summed E-state index contributed by atoms with van der Waals surface area (Å²) in [7, 11) is 0. The molecule has 2 N–H and O–H groups in total. The number of nitro groups is 1. The van der Waals surface area contributed by atoms with Gasteiger partial charge in [-0.2, -0.15) is 20.1 Å². The summed E-state index contributed by atoms with van der Waals surface area (Å²) in [6, 6.07) is 11.2. The highest BCUT2D eigenvalue weighted by Gasteiger charge is 2.17. The first-order valence-electron chi connectivity index (χ1n) is 9.83. The lowest BCUT2D eigenvalue weighted by Crippen LogP contribution is -2.37. The Balaban J connectivity index is 1.61. The Morgan fingerprint density at radius 3 is 2.48 bits per heavy atom. The third kappa shape index (κ3) is 5.83. The lowest BCUT2D eigenvalue weighted by atomic mass is 10.2. The van der Waals surface area contributed by atoms with Gasteiger partial charge in [0.2, 0.25) is 17.8 Å². The van der Waals surface area contributed by atoms with Gasteiger partial charge < -0.3 is 15.0 Å². The molecule has 1 aliphatic heterocycles. The number of nitrogens with zero attached hydrogens (tertiary/aromatic N) is 6. The Labute approximate surface area is 198 Å². The number of rotatable bonds is 7. The number of ether oxygens (including phenoxy) is 1. The molecular formula is C20H18Cl2N8O3. The minimum absolute atomic E-state index is 0.0537. The fourth-order valence-electron chi connectivity index (χ4n) is 2.99. The smallest absolute Gasteiger partial charge is 0.271 e. The van der Waals surface area contributed by atoms with Crippen molar-refractivity contribution in [2.45, 2.75) is 0 Å². The lowest BCUT2D eigenvalue weighted by molar-refractivity contribution is -0.384. The summed E-state index contributed by atoms with van der Waals surface area (Å²) in [4.78, 5) is 25.8. The Bertz CT molecular complexity index is 1170. The molecule has 0 bridgehead atoms. The molecule has 33 heavy (non-hydrogen) atoms. The topological polar surface area (TPSA) is 131 Å². The van der Waals surface area contributed by atoms with Crippen LogP contribution in [0.4, 0.5) is 29.2 Å². The molecule has 2 heterocycles. The maximum Gasteiger partial charge on any atom is 0.271 e. The quantitative estimate of drug-likeness (QED) is 0.286. The van der Waals surface area contributed by atoms with E-state index in [-0.39, 0.29) is 17.6 Å². The van der Waals surface area contributed by atoms with Crippen molar-refractivity contribution in [1.29, 1.82) is 0 Å². The molecule has 3 aromatic rings. The Hall–Kier alpha value is -3.54. The van der Waals surface area contributed by atoms with Crippen molar-refractivity contribution < 1.29 is 9.66 Å². The summed E-state index contributed by atoms with van der Waals surface area (Å²) in [6.45, 7) is 2.31. The molecule has 13 heteroatoms. The maximum absolute atomic E-state index is 11.1. The van der Waals surface area contributed by atoms with Crippen LogP contribution in [0.3, 0.4) is 0 Å². The number of hydrogen-bond acceptors (Lipinski definition) is 10. The molecule has 1 aromatic heterocycles. The Morgan fingerprint density at radius 1 is 1.06 bits per heavy atom. The van der Waals surface area contributed by atoms with Crippen molar-refractivity contribution in [3.8, 4) is 0 Å². The molecule has 1 saturated heterocycles. The van der Waals surface area contributed by atoms with E-state index in [9.17, 15) is 10.1 Å². The first kappa shape index (κ1) is 22.6. The van der Waals surface area contributed by atoms with Crippen molar-refractivity contribution in [2.24, 2.45) is 5.10 Å². The highest BCUT2D eigenvalue weighted by atomic mass is 35.5. The molecule has 0 spiro atoms. The van der Waals surface area contributed by atoms with Crippen molar-refractivity contribution >= 4 is 58.6 Å². The lowest BCUT2D eigenvalue weighted by Gasteiger charge is -2.27. The minimum atomic E-state index is -0.473. The molecule has 0 radical (unpaired) electrons. The first-order valence-corrected chi connectivity index (χ1v) is 10.6. The molecule has 0 atom stereocenters. The van der Waals surface area contributed by atoms with E-state index in [1.807, 2.05) is 4.90 Å². The highest BCUT2D eigenvalue weighted by Crippen LogP contribution is 2.23. The molecule has 0 aliphatic carbocycles. The van der Waals surface area contributed by atoms with Crippen LogP contribution in [0.5, 0.6) is 0 Å². The van der Waals surface area contributed by atoms with E-state index >= 15 is 0 Å². The highest BCUT2D eigenvalue weighted by molar-refractivity contribution is 6.38. The van der Waals surface area contributed by atoms with Crippen LogP contribution in [-0.4, -0.2) is 52.4 Å². The van der Waals surface area contributed by atoms with E-state index in [1.54, 1.807) is 30.3 Å². The third-order valence-electron chi connectivity index (χ3n) is 4.59. The predicted octanol–water partition coefficient (Wildman–Crippen LogP) is 4.11. The maximum atomic E-state index is 11.1. The first-order chi connectivity index (χ1) is 16.0. The second-order valence-electron chi connectivity index (χ2n) is 6.82. The van der Waals surface area contributed by atoms with Crippen molar-refractivity contribution in [3.63, 3.8) is 0 Å². The van der Waals surface area contributed by atoms with E-state index in [0.29, 0.717) is 53.5 Å². The number of nitrogens with one attached hydrogen (secondary N) is 2. The average Bonchev–Trinajstić information content (AvgIpc) is 2.81. The largest absolute Gasteiger partial charge is 0.378 e. The Kier molecular flexibility index (Phi) is 7.13. The van der Waals surface area contributed by atoms with Gasteiger partial charge in [-0.15, -0.1) is 0 Å². The summed E-state index contributed by atoms with van der Waals surface area (Å²) in [5, 5.41) is 19.1. The van der Waals surface area contributed by atoms with Crippen LogP contribution in [0.15, 0.2) is 47.6 Å². The molecule has 0 unspecified atom stereocenters. The summed E-state index contributed by atoms with van der Waals surface area (Å²) < 4.78 is 5.39. The fraction of sp³-hybridized carbons (Fsp3) is 0.200. The predicted molar refractivity (Wildman–Crippen MR) is 127 cm³/mol. The zero-order valence-electron chi connectivity index (χ0n) is 17.1. The van der Waals surface area contributed by atoms with Gasteiger partial charge >= 0.3 is 0 Å². The number of morpholine rings is 1. The molecule has 1 fully saturated rings. The van der Waals surface area contributed by atoms with Crippen LogP contribution < -0.4 is 15.6 Å². The standard InChI is InChI=1S/C20H18Cl2N8O3/c21-16-5-2-6-17(22)15(16)12-23-28-19-25-18(24-13-3-1-4-14(11-13)30(31)32)26-20(27-19)29-7-9-33-10-8-29/h1-6,11-12H,7-10H2,(H2,24,25,26,27,28)/b23-12-. The monoisotopic (exact) mass is 488 g/mol. The number of hydrogen-bond donors (Lipinski definition) is 2. The van der Waals surface area contributed by atoms with Crippen LogP contribution in [0.1, 0.15) is 5.56 Å². The van der Waals surface area contributed by atoms with Gasteiger partial charge in [-0.1, -0.05) is 35.3 Å². The summed E-state index contributed by atoms with van der Waals surface area (Å²) in [5.74, 6) is 0.772. The number of non-ortho nitro benzene ring substituents is 1. The van der Waals surface area contributed by atoms with Crippen molar-refractivity contribution in [3.05, 3.63) is 68.2 Å². The summed E-state index contributed by atoms with van der Waals surface area (Å²) in [5.41, 5.74) is 3.72. The van der Waals surface area contributed by atoms with Crippen LogP contribution in [-0.2, 0) is 4.74 Å². The number of anilines is 4. The minimum Gasteiger partial charge on any atom is -0.378 e. The van der Waals surface area contributed by atoms with E-state index in [0.717, 1.165) is 0 Å². The van der Waals surface area contributed by atoms with Crippen LogP contribution >= 0.6 is 23.2 Å². The van der Waals surface area contributed by atoms with Crippen molar-refractivity contribution in [1.82, 2.24) is 15.0 Å². The van der Waals surface area contributed by atoms with Gasteiger partial charge in [0.05, 0.1) is 34.4 Å². The summed E-state index contributed by atoms with van der Waals surface area (Å²) >= 11 is 12.3. The molecular weight excluding hydrogens is 471 g/mol. The van der Waals surface area contributed by atoms with Gasteiger partial charge in [-0.3, -0.25) is 10.1 Å². The van der Waals surface area contributed by atoms with Crippen LogP contribution in [0.25, 0.3) is 0 Å². The van der Waals surface area contributed by atoms with Gasteiger partial charge in [0.15, 0.2) is 0 Å². The van der Waals surface area contributed by atoms with Crippen LogP contribution in [0, 0.1) is 10.1 Å². The second kappa shape index (κ2) is 10.4. The van der Waals surface area contributed by atoms with Gasteiger partial charge in [0.1, 0.15) is 0 Å². The van der Waals surface area contributed by atoms with E-state index in [2.05, 4.69) is 30.8 Å². The number of hydrazone groups is 1. The van der Waals surface area contributed by atoms with Gasteiger partial charge in [-0.05, 0) is 18.2 Å². The summed E-state index contributed by atoms with van der Waals surface area (Å²) in [6.07, 6.45) is 1.47. The van der Waals surface area contributed by atoms with E-state index in [1.165, 1.54) is 18.3 Å². The molecule has 0 saturated carbocycles. The molecule has 11 nitrogen and oxygen atoms in total. The average molecular weight is 489 g/mol.